The molecule has 0 bridgehead atoms. The van der Waals surface area contributed by atoms with Crippen molar-refractivity contribution < 1.29 is 12.4 Å². The second-order valence-electron chi connectivity index (χ2n) is 5.46. The molecular formula is C15H34N2O2. The summed E-state index contributed by atoms with van der Waals surface area (Å²) in [6, 6.07) is 0. The first-order chi connectivity index (χ1) is 9.06. The Morgan fingerprint density at radius 3 is 2.21 bits per heavy atom. The van der Waals surface area contributed by atoms with Crippen LogP contribution in [0.3, 0.4) is 0 Å². The van der Waals surface area contributed by atoms with E-state index in [2.05, 4.69) is 17.6 Å². The number of nitrogens with one attached hydrogen (secondary N) is 2. The van der Waals surface area contributed by atoms with E-state index in [0.29, 0.717) is 31.7 Å². The summed E-state index contributed by atoms with van der Waals surface area (Å²) in [6.07, 6.45) is 6.46. The number of unbranched alkanes of at least 4 members (excludes halogenated alkanes) is 3. The van der Waals surface area contributed by atoms with Gasteiger partial charge in [0.15, 0.2) is 0 Å². The molecule has 0 saturated carbocycles. The van der Waals surface area contributed by atoms with Gasteiger partial charge in [-0.15, -0.1) is 0 Å². The van der Waals surface area contributed by atoms with Gasteiger partial charge in [-0.3, -0.25) is 9.59 Å². The van der Waals surface area contributed by atoms with Crippen LogP contribution in [0.1, 0.15) is 68.6 Å². The van der Waals surface area contributed by atoms with Gasteiger partial charge in [0.1, 0.15) is 0 Å². The molecule has 0 aliphatic heterocycles. The van der Waals surface area contributed by atoms with E-state index in [9.17, 15) is 9.59 Å². The van der Waals surface area contributed by atoms with Crippen molar-refractivity contribution in [1.29, 1.82) is 0 Å². The van der Waals surface area contributed by atoms with Crippen LogP contribution in [0.4, 0.5) is 0 Å². The Kier molecular flexibility index (Phi) is 11.3. The predicted molar refractivity (Wildman–Crippen MR) is 83.1 cm³/mol. The number of carbonyl (C=O) groups excluding carboxylic acids is 2. The zero-order valence-electron chi connectivity index (χ0n) is 12.8. The van der Waals surface area contributed by atoms with Gasteiger partial charge in [-0.25, -0.2) is 0 Å². The molecule has 0 aromatic rings. The van der Waals surface area contributed by atoms with Gasteiger partial charge < -0.3 is 10.6 Å². The van der Waals surface area contributed by atoms with E-state index in [1.54, 1.807) is 0 Å². The summed E-state index contributed by atoms with van der Waals surface area (Å²) in [5, 5.41) is 5.74. The molecule has 4 heteroatoms. The van der Waals surface area contributed by atoms with Crippen LogP contribution in [0, 0.1) is 5.92 Å². The van der Waals surface area contributed by atoms with E-state index in [1.807, 2.05) is 13.8 Å². The molecule has 2 amide bonds. The minimum absolute atomic E-state index is 0. The van der Waals surface area contributed by atoms with Crippen LogP contribution in [0.5, 0.6) is 0 Å². The second-order valence-corrected chi connectivity index (χ2v) is 5.46. The molecule has 0 spiro atoms. The maximum absolute atomic E-state index is 11.5. The molecule has 0 aliphatic carbocycles. The fourth-order valence-corrected chi connectivity index (χ4v) is 1.79. The van der Waals surface area contributed by atoms with Crippen molar-refractivity contribution in [2.45, 2.75) is 65.7 Å². The molecule has 0 radical (unpaired) electrons. The summed E-state index contributed by atoms with van der Waals surface area (Å²) in [5.74, 6) is 0.552. The van der Waals surface area contributed by atoms with Crippen LogP contribution in [-0.4, -0.2) is 24.9 Å². The number of amides is 2. The fraction of sp³-hybridized carbons (Fsp3) is 0.867. The summed E-state index contributed by atoms with van der Waals surface area (Å²) in [4.78, 5) is 22.8. The number of rotatable bonds is 11. The van der Waals surface area contributed by atoms with Crippen LogP contribution in [-0.2, 0) is 9.59 Å². The first kappa shape index (κ1) is 17.9. The minimum Gasteiger partial charge on any atom is -0.356 e. The third-order valence-corrected chi connectivity index (χ3v) is 2.85. The molecular weight excluding hydrogens is 240 g/mol. The normalized spacial score (nSPS) is 10.5. The zero-order chi connectivity index (χ0) is 14.5. The highest BCUT2D eigenvalue weighted by Crippen LogP contribution is 1.99. The van der Waals surface area contributed by atoms with E-state index >= 15 is 0 Å². The van der Waals surface area contributed by atoms with Crippen molar-refractivity contribution in [3.05, 3.63) is 0 Å². The summed E-state index contributed by atoms with van der Waals surface area (Å²) in [6.45, 7) is 7.58. The monoisotopic (exact) mass is 274 g/mol. The predicted octanol–water partition coefficient (Wildman–Crippen LogP) is 3.12. The van der Waals surface area contributed by atoms with Gasteiger partial charge in [0.25, 0.3) is 0 Å². The van der Waals surface area contributed by atoms with Crippen molar-refractivity contribution in [3.63, 3.8) is 0 Å². The molecule has 4 nitrogen and oxygen atoms in total. The average molecular weight is 274 g/mol. The average Bonchev–Trinajstić information content (AvgIpc) is 2.33. The molecule has 116 valence electrons. The van der Waals surface area contributed by atoms with Gasteiger partial charge in [-0.1, -0.05) is 40.0 Å². The van der Waals surface area contributed by atoms with Crippen molar-refractivity contribution in [1.82, 2.24) is 10.6 Å². The van der Waals surface area contributed by atoms with Gasteiger partial charge in [0.05, 0.1) is 0 Å². The van der Waals surface area contributed by atoms with E-state index < -0.39 is 0 Å². The highest BCUT2D eigenvalue weighted by atomic mass is 16.2. The van der Waals surface area contributed by atoms with E-state index in [-0.39, 0.29) is 14.7 Å². The molecule has 0 aromatic carbocycles. The van der Waals surface area contributed by atoms with Crippen LogP contribution in [0.2, 0.25) is 0 Å². The van der Waals surface area contributed by atoms with Crippen molar-refractivity contribution >= 4 is 11.8 Å². The number of hydrogen-bond acceptors (Lipinski definition) is 2. The first-order valence-corrected chi connectivity index (χ1v) is 7.59. The Bertz CT molecular complexity index is 262. The Labute approximate surface area is 120 Å². The van der Waals surface area contributed by atoms with Crippen molar-refractivity contribution in [3.8, 4) is 0 Å². The topological polar surface area (TPSA) is 58.2 Å². The standard InChI is InChI=1S/C15H30N2O2.2H2/c1-4-5-6-7-10-16-14(18)9-8-11-17-15(19)12-13(2)3;;/h13H,4-12H2,1-3H3,(H,16,18)(H,17,19);2*1H. The molecule has 0 unspecified atom stereocenters. The second kappa shape index (κ2) is 12.0. The quantitative estimate of drug-likeness (QED) is 0.569. The van der Waals surface area contributed by atoms with Crippen molar-refractivity contribution in [2.24, 2.45) is 5.92 Å². The van der Waals surface area contributed by atoms with Gasteiger partial charge >= 0.3 is 0 Å². The lowest BCUT2D eigenvalue weighted by Gasteiger charge is -2.07. The molecule has 0 rings (SSSR count). The Hall–Kier alpha value is -1.06. The maximum atomic E-state index is 11.5. The van der Waals surface area contributed by atoms with Gasteiger partial charge in [-0.05, 0) is 18.8 Å². The highest BCUT2D eigenvalue weighted by Gasteiger charge is 2.04. The lowest BCUT2D eigenvalue weighted by atomic mass is 10.1. The Balaban J connectivity index is -0.00000162. The van der Waals surface area contributed by atoms with Gasteiger partial charge in [-0.2, -0.15) is 0 Å². The number of hydrogen-bond donors (Lipinski definition) is 2. The minimum atomic E-state index is 0. The smallest absolute Gasteiger partial charge is 0.220 e. The summed E-state index contributed by atoms with van der Waals surface area (Å²) in [5.41, 5.74) is 0. The molecule has 19 heavy (non-hydrogen) atoms. The summed E-state index contributed by atoms with van der Waals surface area (Å²) >= 11 is 0. The lowest BCUT2D eigenvalue weighted by Crippen LogP contribution is -2.28. The molecule has 0 aromatic heterocycles. The summed E-state index contributed by atoms with van der Waals surface area (Å²) in [7, 11) is 0. The van der Waals surface area contributed by atoms with E-state index in [1.165, 1.54) is 19.3 Å². The maximum Gasteiger partial charge on any atom is 0.220 e. The van der Waals surface area contributed by atoms with Crippen LogP contribution in [0.25, 0.3) is 0 Å². The fourth-order valence-electron chi connectivity index (χ4n) is 1.79. The zero-order valence-corrected chi connectivity index (χ0v) is 12.8. The Morgan fingerprint density at radius 1 is 0.947 bits per heavy atom. The van der Waals surface area contributed by atoms with Crippen molar-refractivity contribution in [2.75, 3.05) is 13.1 Å². The van der Waals surface area contributed by atoms with E-state index in [0.717, 1.165) is 13.0 Å². The first-order valence-electron chi connectivity index (χ1n) is 7.59. The van der Waals surface area contributed by atoms with E-state index in [4.69, 9.17) is 0 Å². The molecule has 0 atom stereocenters. The lowest BCUT2D eigenvalue weighted by molar-refractivity contribution is -0.123. The van der Waals surface area contributed by atoms with Crippen LogP contribution >= 0.6 is 0 Å². The SMILES string of the molecule is CCCCCCNC(=O)CCCNC(=O)CC(C)C.[HH].[HH]. The van der Waals surface area contributed by atoms with Gasteiger partial charge in [0.2, 0.25) is 11.8 Å². The third-order valence-electron chi connectivity index (χ3n) is 2.85. The molecule has 0 heterocycles. The Morgan fingerprint density at radius 2 is 1.58 bits per heavy atom. The molecule has 0 fully saturated rings. The van der Waals surface area contributed by atoms with Gasteiger partial charge in [0, 0.05) is 28.8 Å². The van der Waals surface area contributed by atoms with Crippen LogP contribution < -0.4 is 10.6 Å². The molecule has 0 aliphatic rings. The summed E-state index contributed by atoms with van der Waals surface area (Å²) < 4.78 is 0. The van der Waals surface area contributed by atoms with Crippen LogP contribution in [0.15, 0.2) is 0 Å². The largest absolute Gasteiger partial charge is 0.356 e. The molecule has 2 N–H and O–H groups in total. The highest BCUT2D eigenvalue weighted by molar-refractivity contribution is 5.77. The number of carbonyl (C=O) groups is 2. The molecule has 0 saturated heterocycles. The third kappa shape index (κ3) is 13.2.